The largest absolute Gasteiger partial charge is 0.355 e. The van der Waals surface area contributed by atoms with Gasteiger partial charge >= 0.3 is 0 Å². The maximum atomic E-state index is 12.1. The minimum Gasteiger partial charge on any atom is -0.355 e. The highest BCUT2D eigenvalue weighted by Crippen LogP contribution is 2.32. The number of nitrogens with one attached hydrogen (secondary N) is 1. The number of nitrogens with zero attached hydrogens (tertiary/aromatic N) is 5. The first kappa shape index (κ1) is 17.6. The maximum Gasteiger partial charge on any atom is 0.256 e. The van der Waals surface area contributed by atoms with E-state index in [-0.39, 0.29) is 11.9 Å². The molecule has 7 nitrogen and oxygen atoms in total. The van der Waals surface area contributed by atoms with Crippen LogP contribution < -0.4 is 5.32 Å². The Labute approximate surface area is 158 Å². The van der Waals surface area contributed by atoms with E-state index in [2.05, 4.69) is 37.4 Å². The second kappa shape index (κ2) is 7.44. The second-order valence-corrected chi connectivity index (χ2v) is 6.99. The number of aromatic nitrogens is 4. The number of pyridine rings is 1. The molecule has 3 aromatic heterocycles. The molecule has 27 heavy (non-hydrogen) atoms. The zero-order valence-corrected chi connectivity index (χ0v) is 15.7. The average Bonchev–Trinajstić information content (AvgIpc) is 3.12. The Bertz CT molecular complexity index is 966. The summed E-state index contributed by atoms with van der Waals surface area (Å²) in [5.74, 6) is -0.167. The van der Waals surface area contributed by atoms with Crippen LogP contribution in [0.5, 0.6) is 0 Å². The Hall–Kier alpha value is -2.80. The number of carbonyl (C=O) groups is 1. The second-order valence-electron chi connectivity index (χ2n) is 6.99. The number of hydrogen-bond acceptors (Lipinski definition) is 5. The molecular weight excluding hydrogens is 340 g/mol. The molecule has 140 valence electrons. The Balaban J connectivity index is 1.69. The molecular formula is C20H24N6O. The molecule has 1 aliphatic heterocycles. The van der Waals surface area contributed by atoms with Gasteiger partial charge in [-0.25, -0.2) is 9.50 Å². The summed E-state index contributed by atoms with van der Waals surface area (Å²) in [5, 5.41) is 7.12. The van der Waals surface area contributed by atoms with E-state index in [9.17, 15) is 4.79 Å². The Morgan fingerprint density at radius 1 is 1.30 bits per heavy atom. The standard InChI is InChI=1S/C20H24N6O/c1-14-6-5-7-15(24-14)13-25-11-4-3-8-17(25)18-9-10-22-19-16(20(27)21-2)12-23-26(18)19/h5-7,9-10,12,17H,3-4,8,11,13H2,1-2H3,(H,21,27). The minimum absolute atomic E-state index is 0.167. The minimum atomic E-state index is -0.167. The van der Waals surface area contributed by atoms with Crippen molar-refractivity contribution in [3.05, 3.63) is 59.3 Å². The van der Waals surface area contributed by atoms with Crippen molar-refractivity contribution < 1.29 is 4.79 Å². The predicted molar refractivity (Wildman–Crippen MR) is 102 cm³/mol. The third-order valence-electron chi connectivity index (χ3n) is 5.17. The first-order valence-corrected chi connectivity index (χ1v) is 9.38. The van der Waals surface area contributed by atoms with E-state index in [0.29, 0.717) is 11.2 Å². The molecule has 1 fully saturated rings. The predicted octanol–water partition coefficient (Wildman–Crippen LogP) is 2.52. The molecule has 0 aromatic carbocycles. The number of carbonyl (C=O) groups excluding carboxylic acids is 1. The Morgan fingerprint density at radius 3 is 3.00 bits per heavy atom. The molecule has 1 amide bonds. The smallest absolute Gasteiger partial charge is 0.256 e. The molecule has 4 heterocycles. The zero-order chi connectivity index (χ0) is 18.8. The van der Waals surface area contributed by atoms with E-state index in [1.54, 1.807) is 19.4 Å². The number of hydrogen-bond donors (Lipinski definition) is 1. The summed E-state index contributed by atoms with van der Waals surface area (Å²) in [6.07, 6.45) is 6.78. The number of aryl methyl sites for hydroxylation is 1. The van der Waals surface area contributed by atoms with Gasteiger partial charge in [-0.1, -0.05) is 12.5 Å². The molecule has 1 aliphatic rings. The summed E-state index contributed by atoms with van der Waals surface area (Å²) in [6, 6.07) is 8.40. The van der Waals surface area contributed by atoms with Gasteiger partial charge in [-0.05, 0) is 44.5 Å². The van der Waals surface area contributed by atoms with Gasteiger partial charge in [0.25, 0.3) is 5.91 Å². The zero-order valence-electron chi connectivity index (χ0n) is 15.7. The van der Waals surface area contributed by atoms with Crippen molar-refractivity contribution in [2.24, 2.45) is 0 Å². The highest BCUT2D eigenvalue weighted by molar-refractivity contribution is 5.99. The van der Waals surface area contributed by atoms with Crippen molar-refractivity contribution in [1.82, 2.24) is 29.8 Å². The van der Waals surface area contributed by atoms with Crippen LogP contribution in [0.2, 0.25) is 0 Å². The summed E-state index contributed by atoms with van der Waals surface area (Å²) in [6.45, 7) is 3.85. The summed E-state index contributed by atoms with van der Waals surface area (Å²) in [7, 11) is 1.62. The van der Waals surface area contributed by atoms with E-state index in [4.69, 9.17) is 0 Å². The lowest BCUT2D eigenvalue weighted by Gasteiger charge is -2.35. The first-order chi connectivity index (χ1) is 13.2. The summed E-state index contributed by atoms with van der Waals surface area (Å²) in [4.78, 5) is 23.6. The van der Waals surface area contributed by atoms with Crippen LogP contribution in [-0.2, 0) is 6.54 Å². The van der Waals surface area contributed by atoms with Crippen LogP contribution in [0.3, 0.4) is 0 Å². The third-order valence-corrected chi connectivity index (χ3v) is 5.17. The maximum absolute atomic E-state index is 12.1. The molecule has 1 unspecified atom stereocenters. The van der Waals surface area contributed by atoms with Gasteiger partial charge in [-0.2, -0.15) is 5.10 Å². The Kier molecular flexibility index (Phi) is 4.85. The van der Waals surface area contributed by atoms with Crippen molar-refractivity contribution >= 4 is 11.6 Å². The van der Waals surface area contributed by atoms with Gasteiger partial charge in [-0.15, -0.1) is 0 Å². The molecule has 1 atom stereocenters. The summed E-state index contributed by atoms with van der Waals surface area (Å²) in [5.41, 5.74) is 4.30. The van der Waals surface area contributed by atoms with Crippen LogP contribution in [0.1, 0.15) is 52.7 Å². The van der Waals surface area contributed by atoms with Crippen LogP contribution in [0.15, 0.2) is 36.7 Å². The molecule has 0 aliphatic carbocycles. The number of amides is 1. The molecule has 0 saturated carbocycles. The van der Waals surface area contributed by atoms with Crippen molar-refractivity contribution in [1.29, 1.82) is 0 Å². The number of likely N-dealkylation sites (tertiary alicyclic amines) is 1. The van der Waals surface area contributed by atoms with Crippen molar-refractivity contribution in [2.45, 2.75) is 38.8 Å². The molecule has 3 aromatic rings. The lowest BCUT2D eigenvalue weighted by atomic mass is 9.98. The fourth-order valence-corrected chi connectivity index (χ4v) is 3.87. The highest BCUT2D eigenvalue weighted by atomic mass is 16.1. The monoisotopic (exact) mass is 364 g/mol. The normalized spacial score (nSPS) is 17.9. The van der Waals surface area contributed by atoms with Crippen LogP contribution in [0.25, 0.3) is 5.65 Å². The molecule has 1 saturated heterocycles. The fraction of sp³-hybridized carbons (Fsp3) is 0.400. The summed E-state index contributed by atoms with van der Waals surface area (Å²) >= 11 is 0. The lowest BCUT2D eigenvalue weighted by molar-refractivity contribution is 0.0964. The van der Waals surface area contributed by atoms with Crippen LogP contribution in [0.4, 0.5) is 0 Å². The van der Waals surface area contributed by atoms with Crippen molar-refractivity contribution in [3.8, 4) is 0 Å². The number of fused-ring (bicyclic) bond motifs is 1. The molecule has 0 bridgehead atoms. The van der Waals surface area contributed by atoms with Crippen molar-refractivity contribution in [2.75, 3.05) is 13.6 Å². The molecule has 0 spiro atoms. The van der Waals surface area contributed by atoms with Crippen molar-refractivity contribution in [3.63, 3.8) is 0 Å². The van der Waals surface area contributed by atoms with Gasteiger partial charge in [0.15, 0.2) is 5.65 Å². The van der Waals surface area contributed by atoms with E-state index < -0.39 is 0 Å². The first-order valence-electron chi connectivity index (χ1n) is 9.38. The molecule has 4 rings (SSSR count). The molecule has 7 heteroatoms. The lowest BCUT2D eigenvalue weighted by Crippen LogP contribution is -2.34. The topological polar surface area (TPSA) is 75.4 Å². The van der Waals surface area contributed by atoms with E-state index in [1.165, 1.54) is 12.8 Å². The van der Waals surface area contributed by atoms with Gasteiger partial charge in [0.1, 0.15) is 5.56 Å². The van der Waals surface area contributed by atoms with Crippen LogP contribution in [-0.4, -0.2) is 44.0 Å². The van der Waals surface area contributed by atoms with Crippen LogP contribution >= 0.6 is 0 Å². The van der Waals surface area contributed by atoms with Gasteiger partial charge in [-0.3, -0.25) is 14.7 Å². The summed E-state index contributed by atoms with van der Waals surface area (Å²) < 4.78 is 1.82. The average molecular weight is 364 g/mol. The molecule has 1 N–H and O–H groups in total. The highest BCUT2D eigenvalue weighted by Gasteiger charge is 2.27. The Morgan fingerprint density at radius 2 is 2.19 bits per heavy atom. The van der Waals surface area contributed by atoms with Gasteiger partial charge in [0.2, 0.25) is 0 Å². The number of piperidine rings is 1. The van der Waals surface area contributed by atoms with Gasteiger partial charge < -0.3 is 5.32 Å². The van der Waals surface area contributed by atoms with Crippen LogP contribution in [0, 0.1) is 6.92 Å². The van der Waals surface area contributed by atoms with E-state index >= 15 is 0 Å². The quantitative estimate of drug-likeness (QED) is 0.770. The number of rotatable bonds is 4. The molecule has 0 radical (unpaired) electrons. The fourth-order valence-electron chi connectivity index (χ4n) is 3.87. The third kappa shape index (κ3) is 3.42. The SMILES string of the molecule is CNC(=O)c1cnn2c(C3CCCCN3Cc3cccc(C)n3)ccnc12. The van der Waals surface area contributed by atoms with Gasteiger partial charge in [0.05, 0.1) is 23.6 Å². The van der Waals surface area contributed by atoms with E-state index in [0.717, 1.165) is 36.6 Å². The van der Waals surface area contributed by atoms with Gasteiger partial charge in [0, 0.05) is 25.5 Å². The van der Waals surface area contributed by atoms with E-state index in [1.807, 2.05) is 23.6 Å².